The van der Waals surface area contributed by atoms with E-state index in [0.29, 0.717) is 0 Å². The average Bonchev–Trinajstić information content (AvgIpc) is 2.68. The SMILES string of the molecule is CCN1Cc2cscc2Nc2ccccc21.Cl. The summed E-state index contributed by atoms with van der Waals surface area (Å²) in [6.45, 7) is 4.24. The highest BCUT2D eigenvalue weighted by Crippen LogP contribution is 2.36. The van der Waals surface area contributed by atoms with Gasteiger partial charge in [0.2, 0.25) is 0 Å². The molecule has 0 fully saturated rings. The van der Waals surface area contributed by atoms with E-state index in [1.807, 2.05) is 0 Å². The van der Waals surface area contributed by atoms with Gasteiger partial charge in [-0.15, -0.1) is 23.7 Å². The number of benzene rings is 1. The Morgan fingerprint density at radius 2 is 2.06 bits per heavy atom. The first-order valence-corrected chi connectivity index (χ1v) is 6.49. The van der Waals surface area contributed by atoms with Gasteiger partial charge < -0.3 is 10.2 Å². The molecule has 0 saturated carbocycles. The Morgan fingerprint density at radius 1 is 1.24 bits per heavy atom. The topological polar surface area (TPSA) is 15.3 Å². The van der Waals surface area contributed by atoms with Crippen LogP contribution in [0.2, 0.25) is 0 Å². The molecule has 17 heavy (non-hydrogen) atoms. The van der Waals surface area contributed by atoms with Crippen molar-refractivity contribution in [1.29, 1.82) is 0 Å². The zero-order valence-electron chi connectivity index (χ0n) is 9.64. The zero-order chi connectivity index (χ0) is 11.0. The van der Waals surface area contributed by atoms with Crippen LogP contribution in [0.15, 0.2) is 35.0 Å². The van der Waals surface area contributed by atoms with E-state index >= 15 is 0 Å². The van der Waals surface area contributed by atoms with Gasteiger partial charge in [-0.3, -0.25) is 0 Å². The summed E-state index contributed by atoms with van der Waals surface area (Å²) in [7, 11) is 0. The third-order valence-electron chi connectivity index (χ3n) is 3.00. The predicted octanol–water partition coefficient (Wildman–Crippen LogP) is 4.25. The van der Waals surface area contributed by atoms with Crippen molar-refractivity contribution in [2.24, 2.45) is 0 Å². The van der Waals surface area contributed by atoms with Crippen LogP contribution in [-0.4, -0.2) is 6.54 Å². The Kier molecular flexibility index (Phi) is 3.60. The first kappa shape index (κ1) is 12.3. The third-order valence-corrected chi connectivity index (χ3v) is 3.79. The van der Waals surface area contributed by atoms with E-state index in [0.717, 1.165) is 13.1 Å². The molecule has 0 aliphatic carbocycles. The fraction of sp³-hybridized carbons (Fsp3) is 0.231. The minimum atomic E-state index is 0. The van der Waals surface area contributed by atoms with Crippen LogP contribution >= 0.6 is 23.7 Å². The lowest BCUT2D eigenvalue weighted by molar-refractivity contribution is 0.842. The Hall–Kier alpha value is -1.19. The minimum Gasteiger partial charge on any atom is -0.366 e. The van der Waals surface area contributed by atoms with Crippen molar-refractivity contribution in [2.45, 2.75) is 13.5 Å². The van der Waals surface area contributed by atoms with E-state index in [-0.39, 0.29) is 12.4 Å². The molecule has 2 heterocycles. The van der Waals surface area contributed by atoms with Gasteiger partial charge in [0.1, 0.15) is 0 Å². The molecule has 1 N–H and O–H groups in total. The van der Waals surface area contributed by atoms with Crippen molar-refractivity contribution in [2.75, 3.05) is 16.8 Å². The van der Waals surface area contributed by atoms with Gasteiger partial charge in [0.05, 0.1) is 17.1 Å². The van der Waals surface area contributed by atoms with Crippen LogP contribution in [0.1, 0.15) is 12.5 Å². The number of fused-ring (bicyclic) bond motifs is 2. The van der Waals surface area contributed by atoms with Crippen molar-refractivity contribution < 1.29 is 0 Å². The maximum Gasteiger partial charge on any atom is 0.0622 e. The van der Waals surface area contributed by atoms with Gasteiger partial charge >= 0.3 is 0 Å². The molecular weight excluding hydrogens is 252 g/mol. The lowest BCUT2D eigenvalue weighted by Gasteiger charge is -2.22. The Morgan fingerprint density at radius 3 is 2.88 bits per heavy atom. The number of anilines is 3. The molecule has 0 saturated heterocycles. The minimum absolute atomic E-state index is 0. The van der Waals surface area contributed by atoms with Crippen LogP contribution in [-0.2, 0) is 6.54 Å². The Labute approximate surface area is 112 Å². The second-order valence-corrected chi connectivity index (χ2v) is 4.71. The lowest BCUT2D eigenvalue weighted by atomic mass is 10.2. The number of hydrogen-bond acceptors (Lipinski definition) is 3. The van der Waals surface area contributed by atoms with Crippen molar-refractivity contribution in [3.8, 4) is 0 Å². The molecule has 90 valence electrons. The molecule has 1 aromatic heterocycles. The van der Waals surface area contributed by atoms with Gasteiger partial charge in [0, 0.05) is 24.0 Å². The number of rotatable bonds is 1. The normalized spacial score (nSPS) is 12.9. The van der Waals surface area contributed by atoms with Crippen LogP contribution in [0.3, 0.4) is 0 Å². The van der Waals surface area contributed by atoms with Crippen LogP contribution < -0.4 is 10.2 Å². The van der Waals surface area contributed by atoms with Gasteiger partial charge in [-0.1, -0.05) is 12.1 Å². The molecule has 0 spiro atoms. The molecule has 0 radical (unpaired) electrons. The van der Waals surface area contributed by atoms with Crippen molar-refractivity contribution in [3.63, 3.8) is 0 Å². The number of hydrogen-bond donors (Lipinski definition) is 1. The first-order chi connectivity index (χ1) is 7.88. The monoisotopic (exact) mass is 266 g/mol. The molecule has 0 atom stereocenters. The highest BCUT2D eigenvalue weighted by atomic mass is 35.5. The summed E-state index contributed by atoms with van der Waals surface area (Å²) in [5.74, 6) is 0. The number of thiophene rings is 1. The van der Waals surface area contributed by atoms with Crippen LogP contribution in [0.25, 0.3) is 0 Å². The Bertz CT molecular complexity index is 510. The van der Waals surface area contributed by atoms with Crippen LogP contribution in [0, 0.1) is 0 Å². The highest BCUT2D eigenvalue weighted by Gasteiger charge is 2.17. The number of nitrogens with one attached hydrogen (secondary N) is 1. The van der Waals surface area contributed by atoms with Gasteiger partial charge in [0.15, 0.2) is 0 Å². The number of nitrogens with zero attached hydrogens (tertiary/aromatic N) is 1. The van der Waals surface area contributed by atoms with Gasteiger partial charge in [-0.05, 0) is 24.4 Å². The molecule has 0 amide bonds. The average molecular weight is 267 g/mol. The fourth-order valence-electron chi connectivity index (χ4n) is 2.13. The van der Waals surface area contributed by atoms with Crippen molar-refractivity contribution in [3.05, 3.63) is 40.6 Å². The van der Waals surface area contributed by atoms with Crippen LogP contribution in [0.5, 0.6) is 0 Å². The van der Waals surface area contributed by atoms with Gasteiger partial charge in [-0.2, -0.15) is 0 Å². The standard InChI is InChI=1S/C13H14N2S.ClH/c1-2-15-7-10-8-16-9-12(10)14-11-5-3-4-6-13(11)15;/h3-6,8-9,14H,2,7H2,1H3;1H. The maximum atomic E-state index is 3.52. The summed E-state index contributed by atoms with van der Waals surface area (Å²) in [4.78, 5) is 2.40. The Balaban J connectivity index is 0.00000108. The van der Waals surface area contributed by atoms with Crippen LogP contribution in [0.4, 0.5) is 17.1 Å². The maximum absolute atomic E-state index is 3.52. The molecule has 4 heteroatoms. The summed E-state index contributed by atoms with van der Waals surface area (Å²) in [5.41, 5.74) is 5.16. The molecule has 1 aromatic carbocycles. The first-order valence-electron chi connectivity index (χ1n) is 5.54. The molecule has 3 rings (SSSR count). The fourth-order valence-corrected chi connectivity index (χ4v) is 2.91. The summed E-state index contributed by atoms with van der Waals surface area (Å²) < 4.78 is 0. The molecule has 1 aliphatic heterocycles. The number of para-hydroxylation sites is 2. The molecule has 0 bridgehead atoms. The summed E-state index contributed by atoms with van der Waals surface area (Å²) in [6.07, 6.45) is 0. The smallest absolute Gasteiger partial charge is 0.0622 e. The van der Waals surface area contributed by atoms with Gasteiger partial charge in [0.25, 0.3) is 0 Å². The predicted molar refractivity (Wildman–Crippen MR) is 78.0 cm³/mol. The van der Waals surface area contributed by atoms with Crippen molar-refractivity contribution >= 4 is 40.8 Å². The second-order valence-electron chi connectivity index (χ2n) is 3.97. The van der Waals surface area contributed by atoms with E-state index in [1.165, 1.54) is 22.6 Å². The number of halogens is 1. The van der Waals surface area contributed by atoms with E-state index in [9.17, 15) is 0 Å². The molecule has 2 aromatic rings. The van der Waals surface area contributed by atoms with Gasteiger partial charge in [-0.25, -0.2) is 0 Å². The largest absolute Gasteiger partial charge is 0.366 e. The highest BCUT2D eigenvalue weighted by molar-refractivity contribution is 7.08. The summed E-state index contributed by atoms with van der Waals surface area (Å²) >= 11 is 1.76. The van der Waals surface area contributed by atoms with E-state index in [2.05, 4.69) is 52.2 Å². The summed E-state index contributed by atoms with van der Waals surface area (Å²) in [5, 5.41) is 7.93. The molecule has 1 aliphatic rings. The quantitative estimate of drug-likeness (QED) is 0.830. The summed E-state index contributed by atoms with van der Waals surface area (Å²) in [6, 6.07) is 8.50. The second kappa shape index (κ2) is 4.98. The molecule has 2 nitrogen and oxygen atoms in total. The van der Waals surface area contributed by atoms with E-state index in [4.69, 9.17) is 0 Å². The zero-order valence-corrected chi connectivity index (χ0v) is 11.3. The van der Waals surface area contributed by atoms with E-state index < -0.39 is 0 Å². The lowest BCUT2D eigenvalue weighted by Crippen LogP contribution is -2.20. The molecular formula is C13H15ClN2S. The third kappa shape index (κ3) is 2.13. The van der Waals surface area contributed by atoms with Crippen molar-refractivity contribution in [1.82, 2.24) is 0 Å². The molecule has 0 unspecified atom stereocenters. The van der Waals surface area contributed by atoms with E-state index in [1.54, 1.807) is 11.3 Å².